The summed E-state index contributed by atoms with van der Waals surface area (Å²) < 4.78 is 0. The third kappa shape index (κ3) is 11.9. The molecule has 14 heteroatoms. The van der Waals surface area contributed by atoms with Gasteiger partial charge in [-0.3, -0.25) is 28.8 Å². The number of nitrogens with one attached hydrogen (secondary N) is 4. The van der Waals surface area contributed by atoms with Crippen molar-refractivity contribution in [3.63, 3.8) is 0 Å². The maximum atomic E-state index is 12.9. The molecule has 0 unspecified atom stereocenters. The Morgan fingerprint density at radius 3 is 1.83 bits per heavy atom. The van der Waals surface area contributed by atoms with Gasteiger partial charge in [-0.25, -0.2) is 0 Å². The van der Waals surface area contributed by atoms with Crippen molar-refractivity contribution in [1.29, 1.82) is 0 Å². The van der Waals surface area contributed by atoms with Crippen LogP contribution in [0.5, 0.6) is 0 Å². The highest BCUT2D eigenvalue weighted by atomic mass is 16.4. The fraction of sp³-hybridized carbons (Fsp3) is 0.667. The van der Waals surface area contributed by atoms with Gasteiger partial charge in [0, 0.05) is 13.3 Å². The molecule has 198 valence electrons. The van der Waals surface area contributed by atoms with Gasteiger partial charge in [0.15, 0.2) is 0 Å². The number of hydrogen-bond acceptors (Lipinski definition) is 8. The number of aliphatic hydroxyl groups is 1. The van der Waals surface area contributed by atoms with Crippen molar-refractivity contribution in [2.75, 3.05) is 0 Å². The van der Waals surface area contributed by atoms with Crippen LogP contribution in [0.4, 0.5) is 0 Å². The first-order chi connectivity index (χ1) is 16.2. The first kappa shape index (κ1) is 31.4. The Morgan fingerprint density at radius 1 is 0.829 bits per heavy atom. The van der Waals surface area contributed by atoms with E-state index in [2.05, 4.69) is 21.3 Å². The van der Waals surface area contributed by atoms with Crippen LogP contribution in [-0.4, -0.2) is 87.4 Å². The lowest BCUT2D eigenvalue weighted by Crippen LogP contribution is -2.60. The molecule has 4 amide bonds. The first-order valence-corrected chi connectivity index (χ1v) is 11.0. The van der Waals surface area contributed by atoms with Crippen molar-refractivity contribution in [3.8, 4) is 0 Å². The third-order valence-electron chi connectivity index (χ3n) is 5.08. The molecule has 0 aromatic heterocycles. The molecule has 0 saturated heterocycles. The summed E-state index contributed by atoms with van der Waals surface area (Å²) in [7, 11) is 0. The number of aldehydes is 1. The van der Waals surface area contributed by atoms with Crippen LogP contribution in [0.3, 0.4) is 0 Å². The van der Waals surface area contributed by atoms with E-state index in [1.807, 2.05) is 0 Å². The van der Waals surface area contributed by atoms with Gasteiger partial charge in [-0.05, 0) is 19.3 Å². The molecule has 14 nitrogen and oxygen atoms in total. The van der Waals surface area contributed by atoms with Gasteiger partial charge >= 0.3 is 11.9 Å². The third-order valence-corrected chi connectivity index (χ3v) is 5.08. The minimum Gasteiger partial charge on any atom is -0.481 e. The molecule has 0 aliphatic carbocycles. The van der Waals surface area contributed by atoms with Crippen LogP contribution in [0.15, 0.2) is 0 Å². The molecule has 7 N–H and O–H groups in total. The molecule has 6 atom stereocenters. The van der Waals surface area contributed by atoms with Crippen LogP contribution in [0.2, 0.25) is 0 Å². The Labute approximate surface area is 202 Å². The second-order valence-corrected chi connectivity index (χ2v) is 8.13. The van der Waals surface area contributed by atoms with Gasteiger partial charge in [0.05, 0.1) is 18.6 Å². The molecule has 0 radical (unpaired) electrons. The number of hydrogen-bond donors (Lipinski definition) is 7. The van der Waals surface area contributed by atoms with Crippen molar-refractivity contribution in [3.05, 3.63) is 0 Å². The predicted octanol–water partition coefficient (Wildman–Crippen LogP) is -2.09. The van der Waals surface area contributed by atoms with Crippen molar-refractivity contribution >= 4 is 41.9 Å². The molecule has 0 aromatic carbocycles. The van der Waals surface area contributed by atoms with E-state index in [0.717, 1.165) is 6.92 Å². The Balaban J connectivity index is 5.69. The van der Waals surface area contributed by atoms with Crippen molar-refractivity contribution < 1.29 is 48.9 Å². The van der Waals surface area contributed by atoms with Gasteiger partial charge < -0.3 is 41.4 Å². The number of carbonyl (C=O) groups excluding carboxylic acids is 5. The van der Waals surface area contributed by atoms with E-state index in [1.165, 1.54) is 6.92 Å². The fourth-order valence-corrected chi connectivity index (χ4v) is 2.97. The molecular weight excluding hydrogens is 468 g/mol. The number of aliphatic hydroxyl groups excluding tert-OH is 1. The summed E-state index contributed by atoms with van der Waals surface area (Å²) in [6.07, 6.45) is -2.44. The quantitative estimate of drug-likeness (QED) is 0.114. The number of carbonyl (C=O) groups is 7. The highest BCUT2D eigenvalue weighted by molar-refractivity contribution is 5.95. The fourth-order valence-electron chi connectivity index (χ4n) is 2.97. The average molecular weight is 503 g/mol. The van der Waals surface area contributed by atoms with Gasteiger partial charge in [0.1, 0.15) is 24.4 Å². The zero-order chi connectivity index (χ0) is 27.3. The molecule has 0 aliphatic heterocycles. The monoisotopic (exact) mass is 502 g/mol. The first-order valence-electron chi connectivity index (χ1n) is 11.0. The maximum Gasteiger partial charge on any atom is 0.305 e. The summed E-state index contributed by atoms with van der Waals surface area (Å²) >= 11 is 0. The molecule has 0 rings (SSSR count). The van der Waals surface area contributed by atoms with Gasteiger partial charge in [-0.15, -0.1) is 0 Å². The summed E-state index contributed by atoms with van der Waals surface area (Å²) in [6, 6.07) is -5.54. The van der Waals surface area contributed by atoms with E-state index in [1.54, 1.807) is 13.8 Å². The minimum absolute atomic E-state index is 0.180. The lowest BCUT2D eigenvalue weighted by molar-refractivity contribution is -0.140. The molecule has 0 fully saturated rings. The van der Waals surface area contributed by atoms with Crippen LogP contribution >= 0.6 is 0 Å². The Bertz CT molecular complexity index is 801. The summed E-state index contributed by atoms with van der Waals surface area (Å²) in [6.45, 7) is 5.84. The Kier molecular flexibility index (Phi) is 13.8. The zero-order valence-electron chi connectivity index (χ0n) is 20.1. The van der Waals surface area contributed by atoms with Crippen molar-refractivity contribution in [1.82, 2.24) is 21.3 Å². The summed E-state index contributed by atoms with van der Waals surface area (Å²) in [5, 5.41) is 36.9. The number of carboxylic acid groups (broad SMARTS) is 2. The summed E-state index contributed by atoms with van der Waals surface area (Å²) in [5.41, 5.74) is 0. The highest BCUT2D eigenvalue weighted by Crippen LogP contribution is 2.10. The second-order valence-electron chi connectivity index (χ2n) is 8.13. The van der Waals surface area contributed by atoms with Crippen LogP contribution in [0, 0.1) is 5.92 Å². The second kappa shape index (κ2) is 15.4. The molecule has 0 aliphatic rings. The molecule has 0 bridgehead atoms. The smallest absolute Gasteiger partial charge is 0.305 e. The normalized spacial score (nSPS) is 15.8. The number of rotatable bonds is 16. The largest absolute Gasteiger partial charge is 0.481 e. The molecular formula is C21H34N4O10. The van der Waals surface area contributed by atoms with Gasteiger partial charge in [0.25, 0.3) is 0 Å². The van der Waals surface area contributed by atoms with E-state index >= 15 is 0 Å². The predicted molar refractivity (Wildman–Crippen MR) is 120 cm³/mol. The number of aliphatic carboxylic acids is 2. The van der Waals surface area contributed by atoms with Gasteiger partial charge in [-0.2, -0.15) is 0 Å². The summed E-state index contributed by atoms with van der Waals surface area (Å²) in [5.74, 6) is -6.27. The van der Waals surface area contributed by atoms with E-state index in [-0.39, 0.29) is 18.6 Å². The Morgan fingerprint density at radius 2 is 1.40 bits per heavy atom. The van der Waals surface area contributed by atoms with Crippen LogP contribution in [0.25, 0.3) is 0 Å². The van der Waals surface area contributed by atoms with Crippen LogP contribution in [-0.2, 0) is 33.6 Å². The topological polar surface area (TPSA) is 228 Å². The number of carboxylic acids is 2. The van der Waals surface area contributed by atoms with Gasteiger partial charge in [0.2, 0.25) is 23.6 Å². The van der Waals surface area contributed by atoms with Crippen LogP contribution < -0.4 is 21.3 Å². The maximum absolute atomic E-state index is 12.9. The molecule has 35 heavy (non-hydrogen) atoms. The van der Waals surface area contributed by atoms with E-state index in [9.17, 15) is 38.7 Å². The van der Waals surface area contributed by atoms with Crippen LogP contribution in [0.1, 0.15) is 53.4 Å². The van der Waals surface area contributed by atoms with Crippen molar-refractivity contribution in [2.45, 2.75) is 83.6 Å². The standard InChI is InChI=1S/C21H34N4O10/c1-5-10(2)17(22-12(4)28)20(34)24-14(6-7-15(29)30)19(33)25-18(11(3)27)21(35)23-13(9-26)8-16(31)32/h9-11,13-14,17-18,27H,5-8H2,1-4H3,(H,22,28)(H,23,35)(H,24,34)(H,25,33)(H,29,30)(H,31,32)/t10-,11+,13+,14+,17-,18-/m0/s1. The average Bonchev–Trinajstić information content (AvgIpc) is 2.76. The number of amides is 4. The SMILES string of the molecule is CC[C@H](C)[C@H](NC(C)=O)C(=O)N[C@H](CCC(=O)O)C(=O)N[C@H](C(=O)N[C@@H](C=O)CC(=O)O)[C@@H](C)O. The van der Waals surface area contributed by atoms with E-state index in [4.69, 9.17) is 10.2 Å². The molecule has 0 saturated carbocycles. The molecule has 0 aromatic rings. The zero-order valence-corrected chi connectivity index (χ0v) is 20.1. The minimum atomic E-state index is -1.65. The van der Waals surface area contributed by atoms with Gasteiger partial charge in [-0.1, -0.05) is 20.3 Å². The van der Waals surface area contributed by atoms with E-state index in [0.29, 0.717) is 6.42 Å². The Hall–Kier alpha value is -3.55. The molecule has 0 spiro atoms. The molecule has 0 heterocycles. The highest BCUT2D eigenvalue weighted by Gasteiger charge is 2.33. The van der Waals surface area contributed by atoms with E-state index < -0.39 is 78.7 Å². The lowest BCUT2D eigenvalue weighted by atomic mass is 9.97. The lowest BCUT2D eigenvalue weighted by Gasteiger charge is -2.28. The van der Waals surface area contributed by atoms with Crippen molar-refractivity contribution in [2.24, 2.45) is 5.92 Å². The summed E-state index contributed by atoms with van der Waals surface area (Å²) in [4.78, 5) is 82.5.